The Morgan fingerprint density at radius 2 is 1.93 bits per heavy atom. The summed E-state index contributed by atoms with van der Waals surface area (Å²) >= 11 is 0. The molecule has 5 rings (SSSR count). The molecule has 1 fully saturated rings. The molecule has 2 aliphatic heterocycles. The Balaban J connectivity index is 1.35. The van der Waals surface area contributed by atoms with E-state index in [0.717, 1.165) is 33.6 Å². The van der Waals surface area contributed by atoms with Crippen LogP contribution in [0.2, 0.25) is 0 Å². The topological polar surface area (TPSA) is 136 Å². The molecule has 0 bridgehead atoms. The highest BCUT2D eigenvalue weighted by atomic mass is 16.5. The summed E-state index contributed by atoms with van der Waals surface area (Å²) in [4.78, 5) is 39.4. The van der Waals surface area contributed by atoms with E-state index in [0.29, 0.717) is 42.1 Å². The predicted octanol–water partition coefficient (Wildman–Crippen LogP) is 2.98. The van der Waals surface area contributed by atoms with Crippen molar-refractivity contribution in [3.05, 3.63) is 83.8 Å². The van der Waals surface area contributed by atoms with Crippen molar-refractivity contribution in [2.45, 2.75) is 45.4 Å². The number of hydrogen-bond donors (Lipinski definition) is 2. The van der Waals surface area contributed by atoms with E-state index in [4.69, 9.17) is 18.6 Å². The number of rotatable bonds is 8. The zero-order valence-electron chi connectivity index (χ0n) is 24.0. The number of nitrogens with one attached hydrogen (secondary N) is 1. The Kier molecular flexibility index (Phi) is 8.61. The van der Waals surface area contributed by atoms with Gasteiger partial charge in [-0.05, 0) is 61.9 Å². The van der Waals surface area contributed by atoms with Gasteiger partial charge >= 0.3 is 5.69 Å². The normalized spacial score (nSPS) is 16.7. The maximum Gasteiger partial charge on any atom is 0.330 e. The van der Waals surface area contributed by atoms with E-state index in [2.05, 4.69) is 16.8 Å². The van der Waals surface area contributed by atoms with Gasteiger partial charge in [0.15, 0.2) is 5.43 Å². The fourth-order valence-corrected chi connectivity index (χ4v) is 5.27. The Morgan fingerprint density at radius 3 is 2.69 bits per heavy atom. The first-order valence-corrected chi connectivity index (χ1v) is 13.7. The molecule has 3 aliphatic rings. The molecule has 3 heterocycles. The van der Waals surface area contributed by atoms with Gasteiger partial charge in [-0.3, -0.25) is 19.1 Å². The van der Waals surface area contributed by atoms with Gasteiger partial charge in [0.2, 0.25) is 0 Å². The van der Waals surface area contributed by atoms with Crippen molar-refractivity contribution in [3.63, 3.8) is 0 Å². The highest BCUT2D eigenvalue weighted by molar-refractivity contribution is 5.89. The van der Waals surface area contributed by atoms with Crippen LogP contribution in [0.5, 0.6) is 5.75 Å². The fourth-order valence-electron chi connectivity index (χ4n) is 5.27. The lowest BCUT2D eigenvalue weighted by atomic mass is 9.94. The molecule has 1 aromatic carbocycles. The fraction of sp³-hybridized carbons (Fsp3) is 0.387. The second-order valence-corrected chi connectivity index (χ2v) is 10.4. The minimum atomic E-state index is -0.607. The summed E-state index contributed by atoms with van der Waals surface area (Å²) in [5.74, 6) is 6.70. The zero-order chi connectivity index (χ0) is 30.0. The maximum absolute atomic E-state index is 12.4. The number of fused-ring (bicyclic) bond motifs is 2. The number of aromatic nitrogens is 2. The number of aryl methyl sites for hydroxylation is 2. The smallest absolute Gasteiger partial charge is 0.330 e. The first-order chi connectivity index (χ1) is 20.2. The van der Waals surface area contributed by atoms with Gasteiger partial charge in [-0.2, -0.15) is 5.06 Å². The van der Waals surface area contributed by atoms with Crippen molar-refractivity contribution in [1.82, 2.24) is 14.6 Å². The van der Waals surface area contributed by atoms with E-state index < -0.39 is 17.5 Å². The van der Waals surface area contributed by atoms with Crippen molar-refractivity contribution >= 4 is 11.0 Å². The van der Waals surface area contributed by atoms with E-state index in [9.17, 15) is 19.6 Å². The summed E-state index contributed by atoms with van der Waals surface area (Å²) in [6, 6.07) is 7.06. The molecular weight excluding hydrogens is 542 g/mol. The van der Waals surface area contributed by atoms with E-state index in [1.54, 1.807) is 27.2 Å². The monoisotopic (exact) mass is 575 g/mol. The first kappa shape index (κ1) is 29.3. The van der Waals surface area contributed by atoms with E-state index in [1.165, 1.54) is 16.8 Å². The van der Waals surface area contributed by atoms with Gasteiger partial charge < -0.3 is 23.8 Å². The maximum atomic E-state index is 12.4. The van der Waals surface area contributed by atoms with Crippen molar-refractivity contribution in [2.24, 2.45) is 0 Å². The number of ether oxygens (including phenoxy) is 3. The standard InChI is InChI=1S/C31H33N3O8/c1-18-12-23-22(24-13-19(2)26(40-4)15-28(24)42-27(23)14-25(18)35)9-11-33(38)10-5-6-20-16-34(31(37)32-30(20)36)29-8-7-21(41-29)17-39-3/h12-16,21,29,38H,7-11,17H2,1-4H3,(H,32,36,37)/t21-,29+/m0/s1. The van der Waals surface area contributed by atoms with Gasteiger partial charge in [0.1, 0.15) is 28.9 Å². The van der Waals surface area contributed by atoms with Gasteiger partial charge in [0.05, 0.1) is 26.4 Å². The molecule has 2 aromatic rings. The van der Waals surface area contributed by atoms with Gasteiger partial charge in [0.25, 0.3) is 5.56 Å². The van der Waals surface area contributed by atoms with Crippen LogP contribution in [0.4, 0.5) is 0 Å². The Morgan fingerprint density at radius 1 is 1.12 bits per heavy atom. The molecule has 11 nitrogen and oxygen atoms in total. The third-order valence-electron chi connectivity index (χ3n) is 7.46. The first-order valence-electron chi connectivity index (χ1n) is 13.7. The van der Waals surface area contributed by atoms with Crippen LogP contribution < -0.4 is 21.4 Å². The predicted molar refractivity (Wildman–Crippen MR) is 155 cm³/mol. The van der Waals surface area contributed by atoms with Crippen molar-refractivity contribution in [3.8, 4) is 28.9 Å². The lowest BCUT2D eigenvalue weighted by molar-refractivity contribution is -0.0770. The Bertz CT molecular complexity index is 1830. The molecule has 1 aromatic heterocycles. The van der Waals surface area contributed by atoms with Crippen LogP contribution >= 0.6 is 0 Å². The third kappa shape index (κ3) is 6.03. The molecule has 0 unspecified atom stereocenters. The molecule has 2 N–H and O–H groups in total. The average molecular weight is 576 g/mol. The van der Waals surface area contributed by atoms with Gasteiger partial charge in [-0.25, -0.2) is 4.79 Å². The summed E-state index contributed by atoms with van der Waals surface area (Å²) in [5.41, 5.74) is 2.60. The molecule has 0 radical (unpaired) electrons. The quantitative estimate of drug-likeness (QED) is 0.185. The van der Waals surface area contributed by atoms with Crippen LogP contribution in [0.15, 0.2) is 49.3 Å². The highest BCUT2D eigenvalue weighted by Crippen LogP contribution is 2.36. The van der Waals surface area contributed by atoms with Crippen LogP contribution in [0.3, 0.4) is 0 Å². The summed E-state index contributed by atoms with van der Waals surface area (Å²) in [6.07, 6.45) is 2.52. The largest absolute Gasteiger partial charge is 0.496 e. The Labute approximate surface area is 241 Å². The molecule has 0 saturated carbocycles. The lowest BCUT2D eigenvalue weighted by Gasteiger charge is -2.18. The molecule has 42 heavy (non-hydrogen) atoms. The lowest BCUT2D eigenvalue weighted by Crippen LogP contribution is -2.33. The van der Waals surface area contributed by atoms with Crippen LogP contribution in [0.25, 0.3) is 22.3 Å². The van der Waals surface area contributed by atoms with E-state index in [1.807, 2.05) is 19.1 Å². The molecule has 0 amide bonds. The number of aromatic amines is 1. The third-order valence-corrected chi connectivity index (χ3v) is 7.46. The molecule has 220 valence electrons. The molecule has 11 heteroatoms. The van der Waals surface area contributed by atoms with Crippen LogP contribution in [-0.2, 0) is 15.9 Å². The van der Waals surface area contributed by atoms with E-state index in [-0.39, 0.29) is 30.2 Å². The number of nitrogens with zero attached hydrogens (tertiary/aromatic N) is 2. The SMILES string of the molecule is COC[C@@H]1CC[C@H](n2cc(C#CCN(O)CCc3c4cc(C)c(=O)cc-4oc4cc(OC)c(C)cc34)c(=O)[nH]c2=O)O1. The van der Waals surface area contributed by atoms with E-state index >= 15 is 0 Å². The van der Waals surface area contributed by atoms with Crippen molar-refractivity contribution in [2.75, 3.05) is 33.9 Å². The second-order valence-electron chi connectivity index (χ2n) is 10.4. The number of benzene rings is 2. The second kappa shape index (κ2) is 12.3. The summed E-state index contributed by atoms with van der Waals surface area (Å²) in [6.45, 7) is 4.29. The number of methoxy groups -OCH3 is 2. The van der Waals surface area contributed by atoms with Crippen LogP contribution in [0, 0.1) is 25.7 Å². The molecule has 2 atom stereocenters. The van der Waals surface area contributed by atoms with Gasteiger partial charge in [-0.15, -0.1) is 0 Å². The van der Waals surface area contributed by atoms with Crippen molar-refractivity contribution in [1.29, 1.82) is 0 Å². The molecule has 1 saturated heterocycles. The summed E-state index contributed by atoms with van der Waals surface area (Å²) in [5, 5.41) is 12.6. The minimum absolute atomic E-state index is 0.0436. The summed E-state index contributed by atoms with van der Waals surface area (Å²) < 4.78 is 23.9. The summed E-state index contributed by atoms with van der Waals surface area (Å²) in [7, 11) is 3.17. The average Bonchev–Trinajstić information content (AvgIpc) is 3.41. The highest BCUT2D eigenvalue weighted by Gasteiger charge is 2.27. The van der Waals surface area contributed by atoms with Crippen LogP contribution in [0.1, 0.15) is 41.3 Å². The van der Waals surface area contributed by atoms with Gasteiger partial charge in [0, 0.05) is 42.9 Å². The minimum Gasteiger partial charge on any atom is -0.496 e. The number of H-pyrrole nitrogens is 1. The molecule has 1 aliphatic carbocycles. The van der Waals surface area contributed by atoms with Gasteiger partial charge in [-0.1, -0.05) is 11.8 Å². The van der Waals surface area contributed by atoms with Crippen molar-refractivity contribution < 1.29 is 23.8 Å². The zero-order valence-corrected chi connectivity index (χ0v) is 24.0. The van der Waals surface area contributed by atoms with Crippen LogP contribution in [-0.4, -0.2) is 59.8 Å². The molecular formula is C31H33N3O8. The number of hydrogen-bond acceptors (Lipinski definition) is 9. The number of hydroxylamine groups is 2. The molecule has 0 spiro atoms. The Hall–Kier alpha value is -4.21.